The Kier molecular flexibility index (Phi) is 5.40. The molecule has 0 fully saturated rings. The molecule has 1 amide bonds. The van der Waals surface area contributed by atoms with Gasteiger partial charge in [0.15, 0.2) is 0 Å². The highest BCUT2D eigenvalue weighted by molar-refractivity contribution is 7.10. The van der Waals surface area contributed by atoms with E-state index in [0.717, 1.165) is 11.1 Å². The Morgan fingerprint density at radius 1 is 1.33 bits per heavy atom. The number of nitriles is 1. The molecule has 0 saturated carbocycles. The Hall–Kier alpha value is -2.76. The van der Waals surface area contributed by atoms with Crippen LogP contribution in [0.5, 0.6) is 0 Å². The first-order valence-electron chi connectivity index (χ1n) is 6.20. The van der Waals surface area contributed by atoms with E-state index in [4.69, 9.17) is 10.00 Å². The van der Waals surface area contributed by atoms with E-state index in [9.17, 15) is 4.79 Å². The SMILES string of the molecule is N#Cc1cc(C#CCNC(=O)OCc2ccccc2)cs1. The second kappa shape index (κ2) is 7.74. The van der Waals surface area contributed by atoms with Crippen LogP contribution in [0.4, 0.5) is 4.79 Å². The average Bonchev–Trinajstić information content (AvgIpc) is 2.98. The number of thiophene rings is 1. The molecule has 1 aromatic carbocycles. The topological polar surface area (TPSA) is 62.1 Å². The van der Waals surface area contributed by atoms with E-state index in [-0.39, 0.29) is 13.2 Å². The summed E-state index contributed by atoms with van der Waals surface area (Å²) in [6.45, 7) is 0.432. The predicted octanol–water partition coefficient (Wildman–Crippen LogP) is 2.90. The molecule has 2 aromatic rings. The molecule has 0 spiro atoms. The molecule has 0 saturated heterocycles. The fourth-order valence-corrected chi connectivity index (χ4v) is 2.13. The van der Waals surface area contributed by atoms with Gasteiger partial charge in [0.05, 0.1) is 6.54 Å². The summed E-state index contributed by atoms with van der Waals surface area (Å²) < 4.78 is 5.04. The van der Waals surface area contributed by atoms with Crippen LogP contribution in [-0.2, 0) is 11.3 Å². The van der Waals surface area contributed by atoms with Gasteiger partial charge in [-0.1, -0.05) is 42.2 Å². The predicted molar refractivity (Wildman–Crippen MR) is 80.5 cm³/mol. The van der Waals surface area contributed by atoms with Crippen LogP contribution in [-0.4, -0.2) is 12.6 Å². The molecule has 1 aromatic heterocycles. The van der Waals surface area contributed by atoms with Gasteiger partial charge in [-0.25, -0.2) is 4.79 Å². The second-order valence-electron chi connectivity index (χ2n) is 4.03. The van der Waals surface area contributed by atoms with Gasteiger partial charge in [0.2, 0.25) is 0 Å². The standard InChI is InChI=1S/C16H12N2O2S/c17-10-15-9-14(12-21-15)7-4-8-18-16(19)20-11-13-5-2-1-3-6-13/h1-3,5-6,9,12H,8,11H2,(H,18,19). The van der Waals surface area contributed by atoms with Crippen LogP contribution in [0, 0.1) is 23.2 Å². The molecule has 1 N–H and O–H groups in total. The minimum atomic E-state index is -0.504. The Bertz CT molecular complexity index is 705. The van der Waals surface area contributed by atoms with E-state index in [1.165, 1.54) is 11.3 Å². The molecule has 5 heteroatoms. The molecule has 0 aliphatic heterocycles. The quantitative estimate of drug-likeness (QED) is 0.886. The molecular formula is C16H12N2O2S. The number of hydrogen-bond donors (Lipinski definition) is 1. The minimum Gasteiger partial charge on any atom is -0.445 e. The van der Waals surface area contributed by atoms with Gasteiger partial charge in [-0.3, -0.25) is 0 Å². The van der Waals surface area contributed by atoms with Gasteiger partial charge in [-0.15, -0.1) is 11.3 Å². The number of rotatable bonds is 3. The third-order valence-corrected chi connectivity index (χ3v) is 3.31. The third kappa shape index (κ3) is 5.02. The zero-order valence-electron chi connectivity index (χ0n) is 11.1. The lowest BCUT2D eigenvalue weighted by Crippen LogP contribution is -2.24. The molecule has 104 valence electrons. The van der Waals surface area contributed by atoms with Crippen LogP contribution >= 0.6 is 11.3 Å². The molecule has 1 heterocycles. The fraction of sp³-hybridized carbons (Fsp3) is 0.125. The van der Waals surface area contributed by atoms with Crippen molar-refractivity contribution >= 4 is 17.4 Å². The van der Waals surface area contributed by atoms with Gasteiger partial charge < -0.3 is 10.1 Å². The Morgan fingerprint density at radius 2 is 2.14 bits per heavy atom. The zero-order chi connectivity index (χ0) is 14.9. The largest absolute Gasteiger partial charge is 0.445 e. The van der Waals surface area contributed by atoms with Crippen molar-refractivity contribution in [1.29, 1.82) is 5.26 Å². The van der Waals surface area contributed by atoms with Crippen molar-refractivity contribution in [2.75, 3.05) is 6.54 Å². The molecule has 0 bridgehead atoms. The van der Waals surface area contributed by atoms with E-state index < -0.39 is 6.09 Å². The molecular weight excluding hydrogens is 284 g/mol. The Balaban J connectivity index is 1.71. The molecule has 0 aliphatic rings. The van der Waals surface area contributed by atoms with Crippen molar-refractivity contribution < 1.29 is 9.53 Å². The normalized spacial score (nSPS) is 9.10. The highest BCUT2D eigenvalue weighted by atomic mass is 32.1. The van der Waals surface area contributed by atoms with Crippen molar-refractivity contribution in [3.63, 3.8) is 0 Å². The first kappa shape index (κ1) is 14.6. The van der Waals surface area contributed by atoms with Gasteiger partial charge in [-0.2, -0.15) is 5.26 Å². The van der Waals surface area contributed by atoms with Crippen molar-refractivity contribution in [3.8, 4) is 17.9 Å². The van der Waals surface area contributed by atoms with E-state index in [1.807, 2.05) is 36.4 Å². The number of alkyl carbamates (subject to hydrolysis) is 1. The van der Waals surface area contributed by atoms with Gasteiger partial charge in [0.1, 0.15) is 17.6 Å². The average molecular weight is 296 g/mol. The lowest BCUT2D eigenvalue weighted by atomic mass is 10.2. The molecule has 0 unspecified atom stereocenters. The van der Waals surface area contributed by atoms with Crippen LogP contribution in [0.1, 0.15) is 16.0 Å². The van der Waals surface area contributed by atoms with Gasteiger partial charge in [-0.05, 0) is 11.6 Å². The molecule has 0 radical (unpaired) electrons. The number of carbonyl (C=O) groups is 1. The summed E-state index contributed by atoms with van der Waals surface area (Å²) in [4.78, 5) is 12.1. The maximum absolute atomic E-state index is 11.4. The molecule has 2 rings (SSSR count). The molecule has 0 aliphatic carbocycles. The minimum absolute atomic E-state index is 0.200. The summed E-state index contributed by atoms with van der Waals surface area (Å²) in [6, 6.07) is 13.2. The first-order valence-corrected chi connectivity index (χ1v) is 7.08. The smallest absolute Gasteiger partial charge is 0.408 e. The summed E-state index contributed by atoms with van der Waals surface area (Å²) in [7, 11) is 0. The maximum Gasteiger partial charge on any atom is 0.408 e. The first-order chi connectivity index (χ1) is 10.3. The van der Waals surface area contributed by atoms with Crippen molar-refractivity contribution in [2.24, 2.45) is 0 Å². The van der Waals surface area contributed by atoms with Gasteiger partial charge in [0.25, 0.3) is 0 Å². The van der Waals surface area contributed by atoms with E-state index >= 15 is 0 Å². The highest BCUT2D eigenvalue weighted by Gasteiger charge is 2.00. The van der Waals surface area contributed by atoms with Gasteiger partial charge in [0, 0.05) is 10.9 Å². The monoisotopic (exact) mass is 296 g/mol. The molecule has 0 atom stereocenters. The van der Waals surface area contributed by atoms with Crippen molar-refractivity contribution in [3.05, 3.63) is 57.8 Å². The summed E-state index contributed by atoms with van der Waals surface area (Å²) >= 11 is 1.34. The summed E-state index contributed by atoms with van der Waals surface area (Å²) in [5.41, 5.74) is 1.71. The lowest BCUT2D eigenvalue weighted by molar-refractivity contribution is 0.141. The maximum atomic E-state index is 11.4. The zero-order valence-corrected chi connectivity index (χ0v) is 11.9. The van der Waals surface area contributed by atoms with Crippen LogP contribution in [0.25, 0.3) is 0 Å². The number of nitrogens with one attached hydrogen (secondary N) is 1. The fourth-order valence-electron chi connectivity index (χ4n) is 1.50. The molecule has 21 heavy (non-hydrogen) atoms. The van der Waals surface area contributed by atoms with Crippen LogP contribution in [0.2, 0.25) is 0 Å². The highest BCUT2D eigenvalue weighted by Crippen LogP contribution is 2.11. The Labute approximate surface area is 127 Å². The van der Waals surface area contributed by atoms with Gasteiger partial charge >= 0.3 is 6.09 Å². The number of nitrogens with zero attached hydrogens (tertiary/aromatic N) is 1. The number of ether oxygens (including phenoxy) is 1. The van der Waals surface area contributed by atoms with Crippen LogP contribution < -0.4 is 5.32 Å². The van der Waals surface area contributed by atoms with Crippen LogP contribution in [0.3, 0.4) is 0 Å². The summed E-state index contributed by atoms with van der Waals surface area (Å²) in [5, 5.41) is 13.0. The van der Waals surface area contributed by atoms with E-state index in [2.05, 4.69) is 17.2 Å². The van der Waals surface area contributed by atoms with Crippen LogP contribution in [0.15, 0.2) is 41.8 Å². The van der Waals surface area contributed by atoms with Crippen molar-refractivity contribution in [2.45, 2.75) is 6.61 Å². The molecule has 4 nitrogen and oxygen atoms in total. The number of amides is 1. The summed E-state index contributed by atoms with van der Waals surface area (Å²) in [6.07, 6.45) is -0.504. The third-order valence-electron chi connectivity index (χ3n) is 2.48. The number of carbonyl (C=O) groups excluding carboxylic acids is 1. The Morgan fingerprint density at radius 3 is 2.86 bits per heavy atom. The lowest BCUT2D eigenvalue weighted by Gasteiger charge is -2.04. The van der Waals surface area contributed by atoms with E-state index in [0.29, 0.717) is 4.88 Å². The number of benzene rings is 1. The van der Waals surface area contributed by atoms with E-state index in [1.54, 1.807) is 11.4 Å². The number of hydrogen-bond acceptors (Lipinski definition) is 4. The summed E-state index contributed by atoms with van der Waals surface area (Å²) in [5.74, 6) is 5.67. The van der Waals surface area contributed by atoms with Crippen molar-refractivity contribution in [1.82, 2.24) is 5.32 Å². The second-order valence-corrected chi connectivity index (χ2v) is 4.94.